The maximum atomic E-state index is 11.3. The third-order valence-corrected chi connectivity index (χ3v) is 4.96. The van der Waals surface area contributed by atoms with Gasteiger partial charge in [0.15, 0.2) is 0 Å². The molecule has 2 rings (SSSR count). The van der Waals surface area contributed by atoms with Crippen LogP contribution in [-0.2, 0) is 9.84 Å². The molecule has 1 aromatic carbocycles. The highest BCUT2D eigenvalue weighted by Crippen LogP contribution is 2.26. The predicted octanol–water partition coefficient (Wildman–Crippen LogP) is 2.66. The largest absolute Gasteiger partial charge is 0.313 e. The fourth-order valence-corrected chi connectivity index (χ4v) is 3.29. The molecule has 0 heterocycles. The molecule has 1 fully saturated rings. The lowest BCUT2D eigenvalue weighted by molar-refractivity contribution is 0.536. The fourth-order valence-electron chi connectivity index (χ4n) is 2.60. The minimum absolute atomic E-state index is 0.290. The summed E-state index contributed by atoms with van der Waals surface area (Å²) in [6, 6.07) is 9.13. The Morgan fingerprint density at radius 3 is 2.60 bits per heavy atom. The molecule has 112 valence electrons. The molecule has 0 spiro atoms. The summed E-state index contributed by atoms with van der Waals surface area (Å²) in [6.45, 7) is 3.09. The number of hydrogen-bond acceptors (Lipinski definition) is 3. The van der Waals surface area contributed by atoms with E-state index in [1.54, 1.807) is 0 Å². The van der Waals surface area contributed by atoms with Crippen LogP contribution in [0.1, 0.15) is 42.7 Å². The smallest absolute Gasteiger partial charge is 0.147 e. The van der Waals surface area contributed by atoms with Crippen molar-refractivity contribution in [3.63, 3.8) is 0 Å². The van der Waals surface area contributed by atoms with Gasteiger partial charge in [0.05, 0.1) is 0 Å². The molecular formula is C16H25NO2S. The monoisotopic (exact) mass is 295 g/mol. The maximum Gasteiger partial charge on any atom is 0.147 e. The summed E-state index contributed by atoms with van der Waals surface area (Å²) in [7, 11) is -2.85. The molecule has 1 aliphatic carbocycles. The highest BCUT2D eigenvalue weighted by Gasteiger charge is 2.23. The van der Waals surface area contributed by atoms with Gasteiger partial charge in [-0.15, -0.1) is 0 Å². The summed E-state index contributed by atoms with van der Waals surface area (Å²) in [4.78, 5) is 0. The molecule has 0 aliphatic heterocycles. The molecule has 0 radical (unpaired) electrons. The molecule has 0 aromatic heterocycles. The topological polar surface area (TPSA) is 46.2 Å². The van der Waals surface area contributed by atoms with Crippen LogP contribution >= 0.6 is 0 Å². The summed E-state index contributed by atoms with van der Waals surface area (Å²) >= 11 is 0. The van der Waals surface area contributed by atoms with Gasteiger partial charge in [-0.05, 0) is 49.7 Å². The third kappa shape index (κ3) is 5.25. The van der Waals surface area contributed by atoms with Crippen LogP contribution in [0.5, 0.6) is 0 Å². The minimum atomic E-state index is -2.85. The van der Waals surface area contributed by atoms with E-state index in [1.165, 1.54) is 30.2 Å². The van der Waals surface area contributed by atoms with Crippen LogP contribution in [0.3, 0.4) is 0 Å². The summed E-state index contributed by atoms with van der Waals surface area (Å²) in [6.07, 6.45) is 5.55. The van der Waals surface area contributed by atoms with Gasteiger partial charge < -0.3 is 5.32 Å². The zero-order valence-corrected chi connectivity index (χ0v) is 13.2. The Kier molecular flexibility index (Phi) is 5.22. The van der Waals surface area contributed by atoms with Gasteiger partial charge in [-0.2, -0.15) is 0 Å². The summed E-state index contributed by atoms with van der Waals surface area (Å²) in [5, 5.41) is 3.58. The molecule has 1 aromatic rings. The Balaban J connectivity index is 1.97. The average molecular weight is 295 g/mol. The Morgan fingerprint density at radius 2 is 2.00 bits per heavy atom. The first-order valence-electron chi connectivity index (χ1n) is 7.42. The van der Waals surface area contributed by atoms with Crippen molar-refractivity contribution < 1.29 is 8.42 Å². The number of benzene rings is 1. The van der Waals surface area contributed by atoms with Crippen molar-refractivity contribution in [2.24, 2.45) is 0 Å². The summed E-state index contributed by atoms with van der Waals surface area (Å²) < 4.78 is 22.6. The second-order valence-electron chi connectivity index (χ2n) is 6.01. The van der Waals surface area contributed by atoms with Crippen LogP contribution in [0.15, 0.2) is 24.3 Å². The van der Waals surface area contributed by atoms with Crippen LogP contribution in [0.25, 0.3) is 0 Å². The van der Waals surface area contributed by atoms with Crippen molar-refractivity contribution in [3.05, 3.63) is 35.4 Å². The lowest BCUT2D eigenvalue weighted by atomic mass is 9.91. The first-order chi connectivity index (χ1) is 9.46. The van der Waals surface area contributed by atoms with Crippen LogP contribution in [0.4, 0.5) is 0 Å². The molecule has 20 heavy (non-hydrogen) atoms. The second-order valence-corrected chi connectivity index (χ2v) is 8.27. The maximum absolute atomic E-state index is 11.3. The van der Waals surface area contributed by atoms with Gasteiger partial charge >= 0.3 is 0 Å². The van der Waals surface area contributed by atoms with E-state index >= 15 is 0 Å². The van der Waals surface area contributed by atoms with Gasteiger partial charge in [-0.1, -0.05) is 24.3 Å². The van der Waals surface area contributed by atoms with Crippen molar-refractivity contribution >= 4 is 9.84 Å². The Labute approximate surface area is 122 Å². The predicted molar refractivity (Wildman–Crippen MR) is 83.9 cm³/mol. The molecule has 3 nitrogen and oxygen atoms in total. The molecule has 1 aliphatic rings. The fraction of sp³-hybridized carbons (Fsp3) is 0.625. The van der Waals surface area contributed by atoms with E-state index in [9.17, 15) is 8.42 Å². The highest BCUT2D eigenvalue weighted by atomic mass is 32.2. The van der Waals surface area contributed by atoms with E-state index < -0.39 is 9.84 Å². The number of rotatable bonds is 8. The lowest BCUT2D eigenvalue weighted by Gasteiger charge is -2.20. The van der Waals surface area contributed by atoms with Gasteiger partial charge in [0, 0.05) is 24.6 Å². The molecule has 1 unspecified atom stereocenters. The number of aryl methyl sites for hydroxylation is 1. The van der Waals surface area contributed by atoms with E-state index in [0.29, 0.717) is 17.7 Å². The molecule has 1 saturated carbocycles. The van der Waals surface area contributed by atoms with E-state index in [0.717, 1.165) is 19.4 Å². The summed E-state index contributed by atoms with van der Waals surface area (Å²) in [5.41, 5.74) is 2.66. The van der Waals surface area contributed by atoms with Crippen molar-refractivity contribution in [2.45, 2.75) is 44.6 Å². The van der Waals surface area contributed by atoms with Gasteiger partial charge in [0.1, 0.15) is 9.84 Å². The zero-order valence-electron chi connectivity index (χ0n) is 12.4. The Bertz CT molecular complexity index is 535. The van der Waals surface area contributed by atoms with Gasteiger partial charge in [-0.25, -0.2) is 8.42 Å². The lowest BCUT2D eigenvalue weighted by Crippen LogP contribution is -2.24. The molecule has 0 bridgehead atoms. The van der Waals surface area contributed by atoms with Crippen LogP contribution < -0.4 is 5.32 Å². The molecule has 1 N–H and O–H groups in total. The van der Waals surface area contributed by atoms with Gasteiger partial charge in [0.25, 0.3) is 0 Å². The van der Waals surface area contributed by atoms with Crippen LogP contribution in [0, 0.1) is 6.92 Å². The number of sulfone groups is 1. The Morgan fingerprint density at radius 1 is 1.30 bits per heavy atom. The normalized spacial score (nSPS) is 17.1. The van der Waals surface area contributed by atoms with Gasteiger partial charge in [0.2, 0.25) is 0 Å². The third-order valence-electron chi connectivity index (χ3n) is 3.93. The van der Waals surface area contributed by atoms with Crippen molar-refractivity contribution in [1.29, 1.82) is 0 Å². The van der Waals surface area contributed by atoms with E-state index in [1.807, 2.05) is 0 Å². The van der Waals surface area contributed by atoms with Crippen molar-refractivity contribution in [3.8, 4) is 0 Å². The minimum Gasteiger partial charge on any atom is -0.313 e. The molecule has 0 saturated heterocycles. The quantitative estimate of drug-likeness (QED) is 0.802. The van der Waals surface area contributed by atoms with E-state index in [2.05, 4.69) is 36.5 Å². The van der Waals surface area contributed by atoms with Gasteiger partial charge in [-0.3, -0.25) is 0 Å². The van der Waals surface area contributed by atoms with E-state index in [4.69, 9.17) is 0 Å². The molecular weight excluding hydrogens is 270 g/mol. The molecule has 4 heteroatoms. The second kappa shape index (κ2) is 6.72. The van der Waals surface area contributed by atoms with Crippen molar-refractivity contribution in [2.75, 3.05) is 18.6 Å². The molecule has 0 amide bonds. The number of hydrogen-bond donors (Lipinski definition) is 1. The first-order valence-corrected chi connectivity index (χ1v) is 9.48. The van der Waals surface area contributed by atoms with E-state index in [-0.39, 0.29) is 0 Å². The van der Waals surface area contributed by atoms with Crippen LogP contribution in [-0.4, -0.2) is 33.0 Å². The SMILES string of the molecule is Cc1ccccc1C(CCCS(C)(=O)=O)CNC1CC1. The summed E-state index contributed by atoms with van der Waals surface area (Å²) in [5.74, 6) is 0.706. The van der Waals surface area contributed by atoms with Crippen LogP contribution in [0.2, 0.25) is 0 Å². The number of nitrogens with one attached hydrogen (secondary N) is 1. The van der Waals surface area contributed by atoms with Crippen molar-refractivity contribution in [1.82, 2.24) is 5.32 Å². The highest BCUT2D eigenvalue weighted by molar-refractivity contribution is 7.90. The average Bonchev–Trinajstić information content (AvgIpc) is 3.17. The first kappa shape index (κ1) is 15.5. The zero-order chi connectivity index (χ0) is 14.6. The standard InChI is InChI=1S/C16H25NO2S/c1-13-6-3-4-8-16(13)14(12-17-15-9-10-15)7-5-11-20(2,18)19/h3-4,6,8,14-15,17H,5,7,9-12H2,1-2H3. The Hall–Kier alpha value is -0.870. The molecule has 1 atom stereocenters.